The van der Waals surface area contributed by atoms with Gasteiger partial charge in [-0.2, -0.15) is 0 Å². The molecule has 0 atom stereocenters. The lowest BCUT2D eigenvalue weighted by Gasteiger charge is -2.09. The number of phenols is 1. The van der Waals surface area contributed by atoms with Gasteiger partial charge in [0, 0.05) is 18.2 Å². The van der Waals surface area contributed by atoms with Crippen LogP contribution in [-0.4, -0.2) is 17.9 Å². The van der Waals surface area contributed by atoms with Crippen LogP contribution in [0.4, 0.5) is 5.69 Å². The van der Waals surface area contributed by atoms with Gasteiger partial charge in [0.05, 0.1) is 5.69 Å². The Balaban J connectivity index is 2.48. The quantitative estimate of drug-likeness (QED) is 0.626. The van der Waals surface area contributed by atoms with Gasteiger partial charge in [-0.05, 0) is 12.1 Å². The van der Waals surface area contributed by atoms with E-state index in [1.165, 1.54) is 0 Å². The lowest BCUT2D eigenvalue weighted by Crippen LogP contribution is -2.05. The highest BCUT2D eigenvalue weighted by Crippen LogP contribution is 2.28. The van der Waals surface area contributed by atoms with E-state index >= 15 is 0 Å². The first-order chi connectivity index (χ1) is 8.24. The van der Waals surface area contributed by atoms with Crippen molar-refractivity contribution in [1.29, 1.82) is 0 Å². The minimum absolute atomic E-state index is 0.0780. The van der Waals surface area contributed by atoms with Crippen molar-refractivity contribution >= 4 is 11.5 Å². The number of para-hydroxylation sites is 1. The predicted molar refractivity (Wildman–Crippen MR) is 67.5 cm³/mol. The summed E-state index contributed by atoms with van der Waals surface area (Å²) in [5, 5.41) is 12.5. The fourth-order valence-corrected chi connectivity index (χ4v) is 1.74. The molecule has 0 aliphatic rings. The molecule has 0 heterocycles. The molecule has 17 heavy (non-hydrogen) atoms. The van der Waals surface area contributed by atoms with Crippen LogP contribution in [0.15, 0.2) is 48.5 Å². The molecule has 2 rings (SSSR count). The number of carbonyl (C=O) groups is 1. The summed E-state index contributed by atoms with van der Waals surface area (Å²) in [7, 11) is 1.68. The third kappa shape index (κ3) is 2.13. The summed E-state index contributed by atoms with van der Waals surface area (Å²) in [6.07, 6.45) is 0. The Morgan fingerprint density at radius 2 is 1.76 bits per heavy atom. The first-order valence-corrected chi connectivity index (χ1v) is 5.33. The standard InChI is InChI=1S/C14H13NO2/c1-15-13-11(8-5-9-12(13)16)14(17)10-6-3-2-4-7-10/h2-9,15-16H,1H3. The Labute approximate surface area is 99.7 Å². The number of hydrogen-bond donors (Lipinski definition) is 2. The lowest BCUT2D eigenvalue weighted by atomic mass is 10.0. The zero-order valence-electron chi connectivity index (χ0n) is 9.47. The Bertz CT molecular complexity index is 535. The van der Waals surface area contributed by atoms with Gasteiger partial charge in [-0.25, -0.2) is 0 Å². The number of carbonyl (C=O) groups excluding carboxylic acids is 1. The topological polar surface area (TPSA) is 49.3 Å². The number of nitrogens with one attached hydrogen (secondary N) is 1. The molecule has 2 N–H and O–H groups in total. The molecule has 0 radical (unpaired) electrons. The second kappa shape index (κ2) is 4.70. The van der Waals surface area contributed by atoms with Crippen molar-refractivity contribution < 1.29 is 9.90 Å². The summed E-state index contributed by atoms with van der Waals surface area (Å²) in [6, 6.07) is 13.9. The molecular formula is C14H13NO2. The summed E-state index contributed by atoms with van der Waals surface area (Å²) in [4.78, 5) is 12.2. The predicted octanol–water partition coefficient (Wildman–Crippen LogP) is 2.66. The Kier molecular flexibility index (Phi) is 3.10. The lowest BCUT2D eigenvalue weighted by molar-refractivity contribution is 0.103. The second-order valence-corrected chi connectivity index (χ2v) is 3.64. The molecule has 86 valence electrons. The first kappa shape index (κ1) is 11.2. The van der Waals surface area contributed by atoms with Crippen LogP contribution < -0.4 is 5.32 Å². The third-order valence-corrected chi connectivity index (χ3v) is 2.57. The van der Waals surface area contributed by atoms with Crippen LogP contribution in [0.2, 0.25) is 0 Å². The van der Waals surface area contributed by atoms with Crippen molar-refractivity contribution in [2.24, 2.45) is 0 Å². The molecule has 0 bridgehead atoms. The van der Waals surface area contributed by atoms with E-state index < -0.39 is 0 Å². The van der Waals surface area contributed by atoms with Crippen LogP contribution in [-0.2, 0) is 0 Å². The van der Waals surface area contributed by atoms with E-state index in [1.54, 1.807) is 37.4 Å². The second-order valence-electron chi connectivity index (χ2n) is 3.64. The Morgan fingerprint density at radius 1 is 1.06 bits per heavy atom. The molecule has 0 aliphatic carbocycles. The summed E-state index contributed by atoms with van der Waals surface area (Å²) < 4.78 is 0. The monoisotopic (exact) mass is 227 g/mol. The SMILES string of the molecule is CNc1c(O)cccc1C(=O)c1ccccc1. The van der Waals surface area contributed by atoms with Crippen molar-refractivity contribution in [1.82, 2.24) is 0 Å². The minimum Gasteiger partial charge on any atom is -0.506 e. The highest BCUT2D eigenvalue weighted by atomic mass is 16.3. The molecule has 3 heteroatoms. The Hall–Kier alpha value is -2.29. The van der Waals surface area contributed by atoms with Gasteiger partial charge in [0.25, 0.3) is 0 Å². The summed E-state index contributed by atoms with van der Waals surface area (Å²) in [5.41, 5.74) is 1.54. The molecule has 0 amide bonds. The van der Waals surface area contributed by atoms with Gasteiger partial charge in [-0.15, -0.1) is 0 Å². The van der Waals surface area contributed by atoms with Crippen LogP contribution in [0, 0.1) is 0 Å². The van der Waals surface area contributed by atoms with Crippen molar-refractivity contribution in [2.75, 3.05) is 12.4 Å². The third-order valence-electron chi connectivity index (χ3n) is 2.57. The highest BCUT2D eigenvalue weighted by Gasteiger charge is 2.14. The maximum Gasteiger partial charge on any atom is 0.195 e. The van der Waals surface area contributed by atoms with E-state index in [-0.39, 0.29) is 11.5 Å². The maximum atomic E-state index is 12.2. The van der Waals surface area contributed by atoms with Crippen LogP contribution >= 0.6 is 0 Å². The van der Waals surface area contributed by atoms with E-state index in [1.807, 2.05) is 18.2 Å². The van der Waals surface area contributed by atoms with Crippen molar-refractivity contribution in [3.05, 3.63) is 59.7 Å². The molecule has 0 saturated heterocycles. The number of ketones is 1. The van der Waals surface area contributed by atoms with Gasteiger partial charge >= 0.3 is 0 Å². The van der Waals surface area contributed by atoms with Gasteiger partial charge in [-0.3, -0.25) is 4.79 Å². The van der Waals surface area contributed by atoms with Gasteiger partial charge in [0.2, 0.25) is 0 Å². The van der Waals surface area contributed by atoms with Crippen molar-refractivity contribution in [3.63, 3.8) is 0 Å². The van der Waals surface area contributed by atoms with E-state index in [0.717, 1.165) is 0 Å². The van der Waals surface area contributed by atoms with Gasteiger partial charge in [0.15, 0.2) is 5.78 Å². The van der Waals surface area contributed by atoms with Crippen LogP contribution in [0.3, 0.4) is 0 Å². The first-order valence-electron chi connectivity index (χ1n) is 5.33. The average molecular weight is 227 g/mol. The number of hydrogen-bond acceptors (Lipinski definition) is 3. The molecule has 0 unspecified atom stereocenters. The molecule has 0 spiro atoms. The summed E-state index contributed by atoms with van der Waals surface area (Å²) in [5.74, 6) is -0.0277. The zero-order valence-corrected chi connectivity index (χ0v) is 9.47. The molecule has 0 aromatic heterocycles. The van der Waals surface area contributed by atoms with E-state index in [4.69, 9.17) is 0 Å². The molecule has 2 aromatic carbocycles. The molecule has 0 saturated carbocycles. The van der Waals surface area contributed by atoms with Gasteiger partial charge in [0.1, 0.15) is 5.75 Å². The average Bonchev–Trinajstić information content (AvgIpc) is 2.38. The zero-order chi connectivity index (χ0) is 12.3. The number of aromatic hydroxyl groups is 1. The fourth-order valence-electron chi connectivity index (χ4n) is 1.74. The molecule has 2 aromatic rings. The van der Waals surface area contributed by atoms with Crippen molar-refractivity contribution in [2.45, 2.75) is 0 Å². The van der Waals surface area contributed by atoms with E-state index in [2.05, 4.69) is 5.32 Å². The number of rotatable bonds is 3. The van der Waals surface area contributed by atoms with Crippen LogP contribution in [0.5, 0.6) is 5.75 Å². The molecular weight excluding hydrogens is 214 g/mol. The molecule has 0 aliphatic heterocycles. The number of benzene rings is 2. The van der Waals surface area contributed by atoms with Crippen LogP contribution in [0.25, 0.3) is 0 Å². The molecule has 3 nitrogen and oxygen atoms in total. The van der Waals surface area contributed by atoms with Gasteiger partial charge in [-0.1, -0.05) is 36.4 Å². The minimum atomic E-state index is -0.106. The number of phenolic OH excluding ortho intramolecular Hbond substituents is 1. The summed E-state index contributed by atoms with van der Waals surface area (Å²) in [6.45, 7) is 0. The highest BCUT2D eigenvalue weighted by molar-refractivity contribution is 6.12. The maximum absolute atomic E-state index is 12.2. The van der Waals surface area contributed by atoms with Crippen LogP contribution in [0.1, 0.15) is 15.9 Å². The van der Waals surface area contributed by atoms with E-state index in [9.17, 15) is 9.90 Å². The smallest absolute Gasteiger partial charge is 0.195 e. The van der Waals surface area contributed by atoms with Gasteiger partial charge < -0.3 is 10.4 Å². The van der Waals surface area contributed by atoms with Crippen molar-refractivity contribution in [3.8, 4) is 5.75 Å². The Morgan fingerprint density at radius 3 is 2.41 bits per heavy atom. The largest absolute Gasteiger partial charge is 0.506 e. The normalized spacial score (nSPS) is 9.94. The van der Waals surface area contributed by atoms with E-state index in [0.29, 0.717) is 16.8 Å². The number of anilines is 1. The molecule has 0 fully saturated rings. The fraction of sp³-hybridized carbons (Fsp3) is 0.0714. The summed E-state index contributed by atoms with van der Waals surface area (Å²) >= 11 is 0.